The van der Waals surface area contributed by atoms with Gasteiger partial charge in [0.1, 0.15) is 5.75 Å². The third kappa shape index (κ3) is 8.95. The van der Waals surface area contributed by atoms with Gasteiger partial charge in [0.25, 0.3) is 5.91 Å². The fourth-order valence-corrected chi connectivity index (χ4v) is 4.64. The van der Waals surface area contributed by atoms with E-state index in [1.165, 1.54) is 25.0 Å². The van der Waals surface area contributed by atoms with Crippen LogP contribution in [0.15, 0.2) is 30.3 Å². The zero-order valence-electron chi connectivity index (χ0n) is 24.0. The molecule has 14 nitrogen and oxygen atoms in total. The van der Waals surface area contributed by atoms with Crippen molar-refractivity contribution in [2.45, 2.75) is 38.5 Å². The SMILES string of the molecule is Cl.N.N.N.N.O=C(Nc1ccc(Nc2nc(N3CCCCC3)nc(N3CCCCC3)n2)cc1O)c1ccc(F)c(F)c1O.[HH].[HH].[HH].[HH]. The number of hydrogen-bond acceptors (Lipinski definition) is 13. The van der Waals surface area contributed by atoms with E-state index < -0.39 is 28.9 Å². The first-order valence-corrected chi connectivity index (χ1v) is 12.7. The van der Waals surface area contributed by atoms with Crippen LogP contribution in [0.2, 0.25) is 0 Å². The lowest BCUT2D eigenvalue weighted by Gasteiger charge is -2.30. The van der Waals surface area contributed by atoms with Crippen LogP contribution in [-0.2, 0) is 0 Å². The number of hydrogen-bond donors (Lipinski definition) is 8. The maximum absolute atomic E-state index is 13.6. The van der Waals surface area contributed by atoms with Crippen LogP contribution in [0.3, 0.4) is 0 Å². The van der Waals surface area contributed by atoms with E-state index in [0.29, 0.717) is 23.5 Å². The van der Waals surface area contributed by atoms with E-state index in [0.717, 1.165) is 64.0 Å². The molecule has 16 N–H and O–H groups in total. The molecule has 2 fully saturated rings. The molecule has 0 unspecified atom stereocenters. The van der Waals surface area contributed by atoms with Gasteiger partial charge in [0, 0.05) is 43.6 Å². The number of anilines is 5. The van der Waals surface area contributed by atoms with Crippen LogP contribution in [-0.4, -0.2) is 57.3 Å². The first kappa shape index (κ1) is 38.9. The highest BCUT2D eigenvalue weighted by Crippen LogP contribution is 2.31. The van der Waals surface area contributed by atoms with E-state index in [1.54, 1.807) is 6.07 Å². The summed E-state index contributed by atoms with van der Waals surface area (Å²) in [6.45, 7) is 3.52. The third-order valence-electron chi connectivity index (χ3n) is 6.71. The first-order valence-electron chi connectivity index (χ1n) is 12.7. The number of nitrogens with zero attached hydrogens (tertiary/aromatic N) is 5. The second-order valence-electron chi connectivity index (χ2n) is 9.42. The number of rotatable bonds is 6. The lowest BCUT2D eigenvalue weighted by molar-refractivity contribution is 0.102. The molecule has 0 bridgehead atoms. The van der Waals surface area contributed by atoms with Gasteiger partial charge in [-0.1, -0.05) is 0 Å². The highest BCUT2D eigenvalue weighted by atomic mass is 35.5. The zero-order chi connectivity index (χ0) is 26.6. The third-order valence-corrected chi connectivity index (χ3v) is 6.71. The van der Waals surface area contributed by atoms with Crippen LogP contribution < -0.4 is 45.0 Å². The highest BCUT2D eigenvalue weighted by Gasteiger charge is 2.22. The molecule has 3 aromatic rings. The molecule has 0 atom stereocenters. The van der Waals surface area contributed by atoms with Gasteiger partial charge in [0.15, 0.2) is 11.6 Å². The highest BCUT2D eigenvalue weighted by molar-refractivity contribution is 6.07. The molecular weight excluding hydrogens is 588 g/mol. The van der Waals surface area contributed by atoms with Gasteiger partial charge in [0.05, 0.1) is 11.3 Å². The number of nitrogens with one attached hydrogen (secondary N) is 2. The maximum atomic E-state index is 13.6. The predicted molar refractivity (Wildman–Crippen MR) is 175 cm³/mol. The molecule has 2 aliphatic rings. The van der Waals surface area contributed by atoms with Crippen molar-refractivity contribution in [2.75, 3.05) is 46.6 Å². The Morgan fingerprint density at radius 1 is 0.791 bits per heavy atom. The maximum Gasteiger partial charge on any atom is 0.259 e. The van der Waals surface area contributed by atoms with E-state index in [2.05, 4.69) is 30.4 Å². The molecule has 5 rings (SSSR count). The summed E-state index contributed by atoms with van der Waals surface area (Å²) in [5, 5.41) is 25.8. The summed E-state index contributed by atoms with van der Waals surface area (Å²) in [6, 6.07) is 6.11. The molecule has 0 aliphatic carbocycles. The molecule has 17 heteroatoms. The molecule has 2 aromatic carbocycles. The Bertz CT molecular complexity index is 1330. The number of carbonyl (C=O) groups excluding carboxylic acids is 1. The van der Waals surface area contributed by atoms with Crippen LogP contribution in [0.4, 0.5) is 38.0 Å². The van der Waals surface area contributed by atoms with Crippen molar-refractivity contribution in [3.8, 4) is 11.5 Å². The summed E-state index contributed by atoms with van der Waals surface area (Å²) in [6.07, 6.45) is 6.69. The standard InChI is InChI=1S/C26H29F2N7O3.ClH.4H3N.4H2/c27-18-9-8-17(22(37)21(18)28)23(38)30-19-10-7-16(15-20(19)36)29-24-31-25(34-11-3-1-4-12-34)33-26(32-24)35-13-5-2-6-14-35;;;;;;;;;/h7-10,15,36-37H,1-6,11-14H2,(H,30,38)(H,29,31,32,33);1H;4*1H3;4*1H. The molecule has 0 radical (unpaired) electrons. The Morgan fingerprint density at radius 3 is 1.84 bits per heavy atom. The number of amides is 1. The molecule has 3 heterocycles. The number of halogens is 3. The van der Waals surface area contributed by atoms with Gasteiger partial charge < -0.3 is 55.2 Å². The van der Waals surface area contributed by atoms with E-state index in [-0.39, 0.29) is 54.2 Å². The van der Waals surface area contributed by atoms with Crippen LogP contribution in [0.25, 0.3) is 0 Å². The zero-order valence-corrected chi connectivity index (χ0v) is 24.8. The largest absolute Gasteiger partial charge is 0.506 e. The fraction of sp³-hybridized carbons (Fsp3) is 0.385. The number of phenols is 2. The summed E-state index contributed by atoms with van der Waals surface area (Å²) in [5.74, 6) is -3.54. The van der Waals surface area contributed by atoms with Crippen molar-refractivity contribution in [1.82, 2.24) is 39.6 Å². The number of aromatic hydroxyl groups is 2. The molecule has 2 aliphatic heterocycles. The minimum absolute atomic E-state index is 0. The number of aromatic nitrogens is 3. The topological polar surface area (TPSA) is 267 Å². The molecule has 43 heavy (non-hydrogen) atoms. The van der Waals surface area contributed by atoms with Gasteiger partial charge >= 0.3 is 0 Å². The average Bonchev–Trinajstić information content (AvgIpc) is 2.94. The Morgan fingerprint density at radius 2 is 1.33 bits per heavy atom. The van der Waals surface area contributed by atoms with Gasteiger partial charge in [-0.25, -0.2) is 4.39 Å². The average molecular weight is 638 g/mol. The Balaban J connectivity index is -0.000000653. The van der Waals surface area contributed by atoms with Gasteiger partial charge in [0.2, 0.25) is 23.7 Å². The summed E-state index contributed by atoms with van der Waals surface area (Å²) >= 11 is 0. The lowest BCUT2D eigenvalue weighted by atomic mass is 10.1. The monoisotopic (exact) mass is 637 g/mol. The first-order chi connectivity index (χ1) is 18.4. The van der Waals surface area contributed by atoms with Crippen LogP contribution >= 0.6 is 12.4 Å². The van der Waals surface area contributed by atoms with E-state index in [9.17, 15) is 23.8 Å². The molecule has 248 valence electrons. The van der Waals surface area contributed by atoms with Crippen molar-refractivity contribution in [2.24, 2.45) is 0 Å². The predicted octanol–water partition coefficient (Wildman–Crippen LogP) is 6.59. The summed E-state index contributed by atoms with van der Waals surface area (Å²) in [4.78, 5) is 30.8. The molecule has 0 saturated carbocycles. The summed E-state index contributed by atoms with van der Waals surface area (Å²) in [5.41, 5.74) is 0.0195. The minimum atomic E-state index is -1.52. The van der Waals surface area contributed by atoms with Crippen molar-refractivity contribution >= 4 is 47.5 Å². The molecule has 1 amide bonds. The van der Waals surface area contributed by atoms with Crippen molar-refractivity contribution in [3.63, 3.8) is 0 Å². The molecule has 1 aromatic heterocycles. The quantitative estimate of drug-likeness (QED) is 0.133. The second kappa shape index (κ2) is 17.1. The van der Waals surface area contributed by atoms with E-state index in [4.69, 9.17) is 4.98 Å². The van der Waals surface area contributed by atoms with Crippen LogP contribution in [0.5, 0.6) is 11.5 Å². The number of piperidine rings is 2. The molecular formula is C26H50ClF2N11O3. The molecule has 0 spiro atoms. The van der Waals surface area contributed by atoms with Crippen LogP contribution in [0.1, 0.15) is 54.6 Å². The fourth-order valence-electron chi connectivity index (χ4n) is 4.64. The van der Waals surface area contributed by atoms with Crippen molar-refractivity contribution < 1.29 is 29.5 Å². The van der Waals surface area contributed by atoms with Gasteiger partial charge in [-0.2, -0.15) is 19.3 Å². The van der Waals surface area contributed by atoms with Gasteiger partial charge in [-0.15, -0.1) is 12.4 Å². The van der Waals surface area contributed by atoms with Gasteiger partial charge in [-0.3, -0.25) is 4.79 Å². The van der Waals surface area contributed by atoms with Gasteiger partial charge in [-0.05, 0) is 62.8 Å². The molecule has 2 saturated heterocycles. The van der Waals surface area contributed by atoms with Crippen molar-refractivity contribution in [3.05, 3.63) is 47.5 Å². The van der Waals surface area contributed by atoms with Crippen LogP contribution in [0, 0.1) is 11.6 Å². The Kier molecular flexibility index (Phi) is 15.5. The number of phenolic OH excluding ortho intramolecular Hbond substituents is 2. The van der Waals surface area contributed by atoms with E-state index in [1.807, 2.05) is 0 Å². The Labute approximate surface area is 261 Å². The number of carbonyl (C=O) groups is 1. The normalized spacial score (nSPS) is 14.0. The lowest BCUT2D eigenvalue weighted by Crippen LogP contribution is -2.34. The Hall–Kier alpha value is -4.09. The smallest absolute Gasteiger partial charge is 0.259 e. The van der Waals surface area contributed by atoms with E-state index >= 15 is 0 Å². The number of benzene rings is 2. The summed E-state index contributed by atoms with van der Waals surface area (Å²) < 4.78 is 26.9. The summed E-state index contributed by atoms with van der Waals surface area (Å²) in [7, 11) is 0. The van der Waals surface area contributed by atoms with Crippen molar-refractivity contribution in [1.29, 1.82) is 0 Å². The second-order valence-corrected chi connectivity index (χ2v) is 9.42. The minimum Gasteiger partial charge on any atom is -0.506 e.